The van der Waals surface area contributed by atoms with E-state index >= 15 is 0 Å². The fourth-order valence-corrected chi connectivity index (χ4v) is 3.40. The van der Waals surface area contributed by atoms with Crippen molar-refractivity contribution >= 4 is 38.4 Å². The summed E-state index contributed by atoms with van der Waals surface area (Å²) in [4.78, 5) is 20.7. The largest absolute Gasteiger partial charge is 0.493 e. The maximum Gasteiger partial charge on any atom is 0.195 e. The van der Waals surface area contributed by atoms with Gasteiger partial charge in [-0.15, -0.1) is 0 Å². The van der Waals surface area contributed by atoms with Gasteiger partial charge in [-0.2, -0.15) is 0 Å². The summed E-state index contributed by atoms with van der Waals surface area (Å²) in [5.41, 5.74) is 7.59. The monoisotopic (exact) mass is 384 g/mol. The van der Waals surface area contributed by atoms with E-state index in [1.54, 1.807) is 26.4 Å². The predicted molar refractivity (Wildman–Crippen MR) is 108 cm³/mol. The molecule has 7 nitrogen and oxygen atoms in total. The van der Waals surface area contributed by atoms with Crippen LogP contribution < -0.4 is 20.5 Å². The number of ether oxygens (including phenoxy) is 2. The van der Waals surface area contributed by atoms with E-state index in [1.165, 1.54) is 11.3 Å². The highest BCUT2D eigenvalue weighted by Crippen LogP contribution is 2.28. The van der Waals surface area contributed by atoms with Crippen molar-refractivity contribution in [3.05, 3.63) is 48.0 Å². The van der Waals surface area contributed by atoms with Gasteiger partial charge in [0, 0.05) is 6.42 Å². The number of methoxy groups -OCH3 is 2. The number of aromatic nitrogens is 1. The predicted octanol–water partition coefficient (Wildman–Crippen LogP) is 2.85. The molecule has 0 fully saturated rings. The van der Waals surface area contributed by atoms with Crippen molar-refractivity contribution in [3.8, 4) is 11.5 Å². The van der Waals surface area contributed by atoms with Gasteiger partial charge >= 0.3 is 0 Å². The number of Topliss-reactive ketones (excluding diaryl/α,β-unsaturated/α-hetero) is 1. The number of nitrogens with zero attached hydrogens (tertiary/aromatic N) is 2. The Morgan fingerprint density at radius 1 is 1.19 bits per heavy atom. The molecule has 2 aromatic carbocycles. The first-order valence-electron chi connectivity index (χ1n) is 8.24. The molecule has 140 valence electrons. The highest BCUT2D eigenvalue weighted by molar-refractivity contribution is 7.22. The average molecular weight is 384 g/mol. The van der Waals surface area contributed by atoms with Crippen molar-refractivity contribution in [1.82, 2.24) is 4.98 Å². The van der Waals surface area contributed by atoms with Gasteiger partial charge in [-0.3, -0.25) is 4.79 Å². The Balaban J connectivity index is 1.58. The quantitative estimate of drug-likeness (QED) is 0.480. The second-order valence-electron chi connectivity index (χ2n) is 5.72. The Bertz CT molecular complexity index is 951. The number of para-hydroxylation sites is 1. The summed E-state index contributed by atoms with van der Waals surface area (Å²) in [6.07, 6.45) is 0.234. The van der Waals surface area contributed by atoms with Gasteiger partial charge in [0.15, 0.2) is 28.4 Å². The molecule has 0 unspecified atom stereocenters. The number of anilines is 1. The maximum absolute atomic E-state index is 12.2. The average Bonchev–Trinajstić information content (AvgIpc) is 3.08. The second-order valence-corrected chi connectivity index (χ2v) is 6.75. The molecule has 1 heterocycles. The van der Waals surface area contributed by atoms with Gasteiger partial charge in [0.05, 0.1) is 24.4 Å². The van der Waals surface area contributed by atoms with Crippen LogP contribution in [0.1, 0.15) is 5.56 Å². The lowest BCUT2D eigenvalue weighted by Crippen LogP contribution is -2.24. The minimum Gasteiger partial charge on any atom is -0.493 e. The van der Waals surface area contributed by atoms with Gasteiger partial charge in [0.1, 0.15) is 6.54 Å². The number of nitrogens with one attached hydrogen (secondary N) is 1. The molecule has 0 aliphatic carbocycles. The lowest BCUT2D eigenvalue weighted by atomic mass is 10.1. The smallest absolute Gasteiger partial charge is 0.195 e. The van der Waals surface area contributed by atoms with Crippen molar-refractivity contribution in [1.29, 1.82) is 0 Å². The molecule has 3 rings (SSSR count). The zero-order valence-electron chi connectivity index (χ0n) is 15.1. The summed E-state index contributed by atoms with van der Waals surface area (Å²) < 4.78 is 11.5. The molecule has 0 bridgehead atoms. The summed E-state index contributed by atoms with van der Waals surface area (Å²) in [6, 6.07) is 13.2. The third kappa shape index (κ3) is 4.73. The van der Waals surface area contributed by atoms with Crippen LogP contribution in [0.5, 0.6) is 11.5 Å². The number of carbonyl (C=O) groups excluding carboxylic acids is 1. The Labute approximate surface area is 160 Å². The van der Waals surface area contributed by atoms with E-state index < -0.39 is 0 Å². The van der Waals surface area contributed by atoms with Crippen molar-refractivity contribution in [2.24, 2.45) is 10.7 Å². The summed E-state index contributed by atoms with van der Waals surface area (Å²) >= 11 is 1.48. The van der Waals surface area contributed by atoms with E-state index in [4.69, 9.17) is 15.2 Å². The zero-order valence-corrected chi connectivity index (χ0v) is 15.9. The number of rotatable bonds is 7. The van der Waals surface area contributed by atoms with E-state index in [-0.39, 0.29) is 24.7 Å². The first-order chi connectivity index (χ1) is 13.1. The molecule has 0 saturated carbocycles. The highest BCUT2D eigenvalue weighted by Gasteiger charge is 2.09. The van der Waals surface area contributed by atoms with Gasteiger partial charge < -0.3 is 20.5 Å². The number of carbonyl (C=O) groups is 1. The molecule has 3 N–H and O–H groups in total. The van der Waals surface area contributed by atoms with E-state index in [1.807, 2.05) is 30.3 Å². The molecule has 0 aliphatic heterocycles. The molecule has 0 radical (unpaired) electrons. The third-order valence-electron chi connectivity index (χ3n) is 3.80. The van der Waals surface area contributed by atoms with Crippen LogP contribution in [-0.4, -0.2) is 37.5 Å². The maximum atomic E-state index is 12.2. The highest BCUT2D eigenvalue weighted by atomic mass is 32.1. The SMILES string of the molecule is COc1ccc(CC(=O)CN=C(N)Nc2nc3ccccc3s2)cc1OC. The number of ketones is 1. The lowest BCUT2D eigenvalue weighted by molar-refractivity contribution is -0.117. The van der Waals surface area contributed by atoms with E-state index in [0.29, 0.717) is 16.6 Å². The topological polar surface area (TPSA) is 98.8 Å². The molecule has 0 spiro atoms. The van der Waals surface area contributed by atoms with Crippen molar-refractivity contribution < 1.29 is 14.3 Å². The van der Waals surface area contributed by atoms with Crippen LogP contribution in [0.25, 0.3) is 10.2 Å². The standard InChI is InChI=1S/C19H20N4O3S/c1-25-15-8-7-12(10-16(15)26-2)9-13(24)11-21-18(20)23-19-22-14-5-3-4-6-17(14)27-19/h3-8,10H,9,11H2,1-2H3,(H3,20,21,22,23). The Morgan fingerprint density at radius 2 is 1.96 bits per heavy atom. The number of hydrogen-bond donors (Lipinski definition) is 2. The number of nitrogens with two attached hydrogens (primary N) is 1. The Hall–Kier alpha value is -3.13. The fraction of sp³-hybridized carbons (Fsp3) is 0.211. The van der Waals surface area contributed by atoms with E-state index in [0.717, 1.165) is 15.8 Å². The van der Waals surface area contributed by atoms with Crippen LogP contribution in [0.15, 0.2) is 47.5 Å². The molecule has 1 aromatic heterocycles. The Kier molecular flexibility index (Phi) is 5.87. The van der Waals surface area contributed by atoms with Crippen molar-refractivity contribution in [2.75, 3.05) is 26.1 Å². The molecule has 0 aliphatic rings. The fourth-order valence-electron chi connectivity index (χ4n) is 2.52. The minimum absolute atomic E-state index is 0.0158. The molecule has 3 aromatic rings. The van der Waals surface area contributed by atoms with Gasteiger partial charge in [-0.1, -0.05) is 29.5 Å². The van der Waals surface area contributed by atoms with Crippen molar-refractivity contribution in [3.63, 3.8) is 0 Å². The zero-order chi connectivity index (χ0) is 19.2. The molecule has 0 amide bonds. The number of aliphatic imine (C=N–C) groups is 1. The van der Waals surface area contributed by atoms with E-state index in [2.05, 4.69) is 15.3 Å². The molecular weight excluding hydrogens is 364 g/mol. The minimum atomic E-state index is -0.0590. The summed E-state index contributed by atoms with van der Waals surface area (Å²) in [5, 5.41) is 3.57. The van der Waals surface area contributed by atoms with E-state index in [9.17, 15) is 4.79 Å². The molecule has 27 heavy (non-hydrogen) atoms. The van der Waals surface area contributed by atoms with Gasteiger partial charge in [-0.25, -0.2) is 9.98 Å². The van der Waals surface area contributed by atoms with Crippen LogP contribution in [-0.2, 0) is 11.2 Å². The van der Waals surface area contributed by atoms with Gasteiger partial charge in [0.25, 0.3) is 0 Å². The summed E-state index contributed by atoms with van der Waals surface area (Å²) in [7, 11) is 3.13. The van der Waals surface area contributed by atoms with Crippen LogP contribution >= 0.6 is 11.3 Å². The second kappa shape index (κ2) is 8.50. The third-order valence-corrected chi connectivity index (χ3v) is 4.76. The molecule has 0 saturated heterocycles. The summed E-state index contributed by atoms with van der Waals surface area (Å²) in [6.45, 7) is -0.0158. The lowest BCUT2D eigenvalue weighted by Gasteiger charge is -2.09. The molecule has 8 heteroatoms. The number of fused-ring (bicyclic) bond motifs is 1. The Morgan fingerprint density at radius 3 is 2.70 bits per heavy atom. The number of benzene rings is 2. The van der Waals surface area contributed by atoms with Crippen LogP contribution in [0, 0.1) is 0 Å². The number of guanidine groups is 1. The molecule has 0 atom stereocenters. The van der Waals surface area contributed by atoms with Crippen LogP contribution in [0.4, 0.5) is 5.13 Å². The number of thiazole rings is 1. The summed E-state index contributed by atoms with van der Waals surface area (Å²) in [5.74, 6) is 1.31. The normalized spacial score (nSPS) is 11.4. The first kappa shape index (κ1) is 18.7. The van der Waals surface area contributed by atoms with Crippen LogP contribution in [0.3, 0.4) is 0 Å². The van der Waals surface area contributed by atoms with Crippen LogP contribution in [0.2, 0.25) is 0 Å². The first-order valence-corrected chi connectivity index (χ1v) is 9.06. The van der Waals surface area contributed by atoms with Crippen molar-refractivity contribution in [2.45, 2.75) is 6.42 Å². The van der Waals surface area contributed by atoms with Gasteiger partial charge in [-0.05, 0) is 29.8 Å². The number of hydrogen-bond acceptors (Lipinski definition) is 6. The van der Waals surface area contributed by atoms with Gasteiger partial charge in [0.2, 0.25) is 0 Å². The molecular formula is C19H20N4O3S.